The van der Waals surface area contributed by atoms with Gasteiger partial charge in [0.25, 0.3) is 5.91 Å². The zero-order valence-corrected chi connectivity index (χ0v) is 17.9. The van der Waals surface area contributed by atoms with Gasteiger partial charge in [-0.1, -0.05) is 36.0 Å². The Morgan fingerprint density at radius 2 is 1.72 bits per heavy atom. The molecule has 3 aromatic carbocycles. The van der Waals surface area contributed by atoms with Crippen molar-refractivity contribution in [3.05, 3.63) is 89.7 Å². The summed E-state index contributed by atoms with van der Waals surface area (Å²) in [5.74, 6) is 1.93. The highest BCUT2D eigenvalue weighted by Crippen LogP contribution is 2.38. The molecule has 1 heterocycles. The molecule has 1 fully saturated rings. The summed E-state index contributed by atoms with van der Waals surface area (Å²) in [5.41, 5.74) is 2.72. The molecule has 156 valence electrons. The summed E-state index contributed by atoms with van der Waals surface area (Å²) in [6.07, 6.45) is 2.34. The summed E-state index contributed by atoms with van der Waals surface area (Å²) in [5, 5.41) is 19.6. The second-order valence-electron chi connectivity index (χ2n) is 7.56. The third kappa shape index (κ3) is 4.27. The molecule has 0 unspecified atom stereocenters. The van der Waals surface area contributed by atoms with E-state index in [9.17, 15) is 10.1 Å². The van der Waals surface area contributed by atoms with E-state index in [1.165, 1.54) is 24.6 Å². The van der Waals surface area contributed by atoms with E-state index < -0.39 is 0 Å². The molecule has 0 atom stereocenters. The third-order valence-electron chi connectivity index (χ3n) is 5.23. The van der Waals surface area contributed by atoms with Gasteiger partial charge in [-0.25, -0.2) is 4.98 Å². The Balaban J connectivity index is 1.32. The molecule has 0 bridgehead atoms. The molecule has 1 amide bonds. The molecule has 1 saturated carbocycles. The third-order valence-corrected chi connectivity index (χ3v) is 6.38. The topological polar surface area (TPSA) is 94.5 Å². The Morgan fingerprint density at radius 1 is 1.00 bits per heavy atom. The first-order chi connectivity index (χ1) is 15.7. The van der Waals surface area contributed by atoms with Crippen LogP contribution < -0.4 is 5.32 Å². The lowest BCUT2D eigenvalue weighted by Gasteiger charge is -2.11. The van der Waals surface area contributed by atoms with Gasteiger partial charge in [-0.2, -0.15) is 10.4 Å². The van der Waals surface area contributed by atoms with Crippen molar-refractivity contribution in [2.75, 3.05) is 5.32 Å². The summed E-state index contributed by atoms with van der Waals surface area (Å²) in [6.45, 7) is 0. The van der Waals surface area contributed by atoms with E-state index in [0.29, 0.717) is 28.6 Å². The molecule has 6 nitrogen and oxygen atoms in total. The highest BCUT2D eigenvalue weighted by molar-refractivity contribution is 7.99. The van der Waals surface area contributed by atoms with Crippen LogP contribution in [0, 0.1) is 11.3 Å². The molecule has 1 aliphatic rings. The number of nitrogens with zero attached hydrogens (tertiary/aromatic N) is 3. The van der Waals surface area contributed by atoms with E-state index in [-0.39, 0.29) is 5.91 Å². The van der Waals surface area contributed by atoms with Crippen molar-refractivity contribution >= 4 is 23.4 Å². The molecular weight excluding hydrogens is 418 g/mol. The van der Waals surface area contributed by atoms with E-state index in [0.717, 1.165) is 21.2 Å². The minimum atomic E-state index is -0.204. The minimum absolute atomic E-state index is 0.204. The lowest BCUT2D eigenvalue weighted by atomic mass is 10.1. The van der Waals surface area contributed by atoms with Crippen LogP contribution in [0.5, 0.6) is 0 Å². The number of hydrogen-bond donors (Lipinski definition) is 2. The summed E-state index contributed by atoms with van der Waals surface area (Å²) < 4.78 is 0. The minimum Gasteiger partial charge on any atom is -0.322 e. The normalized spacial score (nSPS) is 12.8. The maximum atomic E-state index is 13.0. The number of carbonyl (C=O) groups excluding carboxylic acids is 1. The highest BCUT2D eigenvalue weighted by Gasteiger charge is 2.27. The standard InChI is InChI=1S/C25H19N5OS/c26-15-18-5-1-3-7-21(18)32-22-8-4-2-6-20(22)25(31)27-19-13-11-17(12-14-19)24-28-23(29-30-24)16-9-10-16/h1-8,11-14,16H,9-10H2,(H,27,31)(H,28,29,30). The number of amides is 1. The van der Waals surface area contributed by atoms with E-state index in [1.807, 2.05) is 60.7 Å². The van der Waals surface area contributed by atoms with Gasteiger partial charge in [-0.05, 0) is 61.4 Å². The van der Waals surface area contributed by atoms with Crippen LogP contribution in [0.4, 0.5) is 5.69 Å². The summed E-state index contributed by atoms with van der Waals surface area (Å²) in [6, 6.07) is 24.5. The van der Waals surface area contributed by atoms with Crippen molar-refractivity contribution in [2.24, 2.45) is 0 Å². The lowest BCUT2D eigenvalue weighted by Crippen LogP contribution is -2.12. The highest BCUT2D eigenvalue weighted by atomic mass is 32.2. The Morgan fingerprint density at radius 3 is 2.47 bits per heavy atom. The maximum Gasteiger partial charge on any atom is 0.256 e. The van der Waals surface area contributed by atoms with Crippen molar-refractivity contribution in [1.29, 1.82) is 5.26 Å². The largest absolute Gasteiger partial charge is 0.322 e. The molecule has 5 rings (SSSR count). The number of benzene rings is 3. The van der Waals surface area contributed by atoms with Gasteiger partial charge in [0.1, 0.15) is 11.9 Å². The van der Waals surface area contributed by atoms with E-state index >= 15 is 0 Å². The number of nitriles is 1. The zero-order chi connectivity index (χ0) is 21.9. The molecular formula is C25H19N5OS. The van der Waals surface area contributed by atoms with Gasteiger partial charge in [-0.15, -0.1) is 0 Å². The quantitative estimate of drug-likeness (QED) is 0.408. The van der Waals surface area contributed by atoms with Crippen LogP contribution >= 0.6 is 11.8 Å². The van der Waals surface area contributed by atoms with E-state index in [2.05, 4.69) is 26.6 Å². The van der Waals surface area contributed by atoms with Crippen molar-refractivity contribution in [3.63, 3.8) is 0 Å². The maximum absolute atomic E-state index is 13.0. The Kier molecular flexibility index (Phi) is 5.44. The first kappa shape index (κ1) is 20.0. The number of H-pyrrole nitrogens is 1. The Bertz CT molecular complexity index is 1320. The number of nitrogens with one attached hydrogen (secondary N) is 2. The van der Waals surface area contributed by atoms with Crippen LogP contribution in [0.2, 0.25) is 0 Å². The monoisotopic (exact) mass is 437 g/mol. The van der Waals surface area contributed by atoms with E-state index in [4.69, 9.17) is 0 Å². The lowest BCUT2D eigenvalue weighted by molar-refractivity contribution is 0.102. The van der Waals surface area contributed by atoms with Crippen LogP contribution in [-0.2, 0) is 0 Å². The molecule has 2 N–H and O–H groups in total. The molecule has 1 aromatic heterocycles. The number of carbonyl (C=O) groups is 1. The van der Waals surface area contributed by atoms with Gasteiger partial charge >= 0.3 is 0 Å². The summed E-state index contributed by atoms with van der Waals surface area (Å²) in [4.78, 5) is 19.2. The van der Waals surface area contributed by atoms with E-state index in [1.54, 1.807) is 12.1 Å². The van der Waals surface area contributed by atoms with Crippen molar-refractivity contribution in [2.45, 2.75) is 28.6 Å². The van der Waals surface area contributed by atoms with Crippen molar-refractivity contribution in [3.8, 4) is 17.5 Å². The molecule has 1 aliphatic carbocycles. The first-order valence-electron chi connectivity index (χ1n) is 10.3. The van der Waals surface area contributed by atoms with Gasteiger partial charge in [0.2, 0.25) is 0 Å². The fraction of sp³-hybridized carbons (Fsp3) is 0.120. The number of anilines is 1. The number of aromatic amines is 1. The molecule has 0 saturated heterocycles. The zero-order valence-electron chi connectivity index (χ0n) is 17.1. The molecule has 0 spiro atoms. The molecule has 4 aromatic rings. The average molecular weight is 438 g/mol. The molecule has 7 heteroatoms. The van der Waals surface area contributed by atoms with Crippen LogP contribution in [0.3, 0.4) is 0 Å². The fourth-order valence-electron chi connectivity index (χ4n) is 3.35. The molecule has 0 aliphatic heterocycles. The smallest absolute Gasteiger partial charge is 0.256 e. The Labute approximate surface area is 189 Å². The van der Waals surface area contributed by atoms with Crippen LogP contribution in [0.1, 0.15) is 40.5 Å². The molecule has 0 radical (unpaired) electrons. The first-order valence-corrected chi connectivity index (χ1v) is 11.1. The SMILES string of the molecule is N#Cc1ccccc1Sc1ccccc1C(=O)Nc1ccc(-c2n[nH]c(C3CC3)n2)cc1. The van der Waals surface area contributed by atoms with Crippen LogP contribution in [0.15, 0.2) is 82.6 Å². The van der Waals surface area contributed by atoms with Gasteiger partial charge < -0.3 is 5.32 Å². The van der Waals surface area contributed by atoms with Crippen LogP contribution in [0.25, 0.3) is 11.4 Å². The fourth-order valence-corrected chi connectivity index (χ4v) is 4.38. The van der Waals surface area contributed by atoms with Gasteiger partial charge in [0, 0.05) is 27.0 Å². The van der Waals surface area contributed by atoms with Crippen molar-refractivity contribution < 1.29 is 4.79 Å². The van der Waals surface area contributed by atoms with Crippen LogP contribution in [-0.4, -0.2) is 21.1 Å². The number of hydrogen-bond acceptors (Lipinski definition) is 5. The summed E-state index contributed by atoms with van der Waals surface area (Å²) in [7, 11) is 0. The van der Waals surface area contributed by atoms with Gasteiger partial charge in [0.15, 0.2) is 5.82 Å². The van der Waals surface area contributed by atoms with Crippen molar-refractivity contribution in [1.82, 2.24) is 15.2 Å². The summed E-state index contributed by atoms with van der Waals surface area (Å²) >= 11 is 1.41. The predicted molar refractivity (Wildman–Crippen MR) is 123 cm³/mol. The number of aromatic nitrogens is 3. The molecule has 32 heavy (non-hydrogen) atoms. The second kappa shape index (κ2) is 8.69. The number of rotatable bonds is 6. The predicted octanol–water partition coefficient (Wildman–Crippen LogP) is 5.62. The Hall–Kier alpha value is -3.89. The second-order valence-corrected chi connectivity index (χ2v) is 8.64. The van der Waals surface area contributed by atoms with Gasteiger partial charge in [-0.3, -0.25) is 9.89 Å². The van der Waals surface area contributed by atoms with Gasteiger partial charge in [0.05, 0.1) is 11.1 Å². The average Bonchev–Trinajstić information content (AvgIpc) is 3.57.